The lowest BCUT2D eigenvalue weighted by Crippen LogP contribution is -2.51. The monoisotopic (exact) mass is 602 g/mol. The van der Waals surface area contributed by atoms with Crippen molar-refractivity contribution in [3.63, 3.8) is 0 Å². The Balaban J connectivity index is 1.31. The van der Waals surface area contributed by atoms with E-state index in [0.717, 1.165) is 18.4 Å². The SMILES string of the molecule is COc1ccc(S(=O)(=O)N(CC(C)C)C[C@@H](O)[C@H](Cc2ccccc2)NC(=O)O[C@@H]2C[C@@H]3CO[C@@H]4OCCC2[C@H]34)cc1. The number of nitrogens with one attached hydrogen (secondary N) is 1. The second kappa shape index (κ2) is 13.3. The summed E-state index contributed by atoms with van der Waals surface area (Å²) in [6.45, 7) is 5.02. The predicted octanol–water partition coefficient (Wildman–Crippen LogP) is 3.44. The number of aliphatic hydroxyl groups excluding tert-OH is 1. The molecular weight excluding hydrogens is 560 g/mol. The van der Waals surface area contributed by atoms with Crippen LogP contribution in [0.1, 0.15) is 32.3 Å². The van der Waals surface area contributed by atoms with Gasteiger partial charge in [0.15, 0.2) is 6.29 Å². The molecule has 11 heteroatoms. The van der Waals surface area contributed by atoms with Crippen LogP contribution in [0.4, 0.5) is 4.79 Å². The molecule has 0 spiro atoms. The van der Waals surface area contributed by atoms with Crippen molar-refractivity contribution in [2.75, 3.05) is 33.4 Å². The Bertz CT molecular complexity index is 1290. The average molecular weight is 603 g/mol. The molecule has 3 aliphatic rings. The number of methoxy groups -OCH3 is 1. The zero-order valence-electron chi connectivity index (χ0n) is 24.4. The number of carbonyl (C=O) groups is 1. The Hall–Kier alpha value is -2.70. The molecule has 0 radical (unpaired) electrons. The highest BCUT2D eigenvalue weighted by Gasteiger charge is 2.55. The molecule has 2 heterocycles. The van der Waals surface area contributed by atoms with Crippen molar-refractivity contribution in [2.45, 2.75) is 62.5 Å². The molecule has 2 N–H and O–H groups in total. The first kappa shape index (κ1) is 30.7. The number of aliphatic hydroxyl groups is 1. The maximum atomic E-state index is 13.7. The number of hydrogen-bond acceptors (Lipinski definition) is 8. The Morgan fingerprint density at radius 2 is 1.83 bits per heavy atom. The summed E-state index contributed by atoms with van der Waals surface area (Å²) >= 11 is 0. The van der Waals surface area contributed by atoms with E-state index < -0.39 is 28.3 Å². The maximum absolute atomic E-state index is 13.7. The molecular formula is C31H42N2O8S. The molecule has 2 saturated heterocycles. The molecule has 0 bridgehead atoms. The van der Waals surface area contributed by atoms with Gasteiger partial charge in [-0.1, -0.05) is 44.2 Å². The van der Waals surface area contributed by atoms with Gasteiger partial charge < -0.3 is 29.4 Å². The molecule has 1 amide bonds. The van der Waals surface area contributed by atoms with E-state index in [4.69, 9.17) is 18.9 Å². The Labute approximate surface area is 248 Å². The number of alkyl carbamates (subject to hydrolysis) is 1. The second-order valence-corrected chi connectivity index (χ2v) is 13.9. The third-order valence-corrected chi connectivity index (χ3v) is 10.4. The summed E-state index contributed by atoms with van der Waals surface area (Å²) in [5, 5.41) is 14.4. The van der Waals surface area contributed by atoms with Crippen LogP contribution in [0.15, 0.2) is 59.5 Å². The van der Waals surface area contributed by atoms with Crippen molar-refractivity contribution in [2.24, 2.45) is 23.7 Å². The summed E-state index contributed by atoms with van der Waals surface area (Å²) in [6.07, 6.45) is -0.460. The fourth-order valence-electron chi connectivity index (χ4n) is 6.54. The van der Waals surface area contributed by atoms with Gasteiger partial charge in [0.2, 0.25) is 10.0 Å². The molecule has 1 aliphatic carbocycles. The number of ether oxygens (including phenoxy) is 4. The van der Waals surface area contributed by atoms with E-state index in [-0.39, 0.29) is 48.1 Å². The normalized spacial score (nSPS) is 26.6. The first-order chi connectivity index (χ1) is 20.2. The third-order valence-electron chi connectivity index (χ3n) is 8.55. The lowest BCUT2D eigenvalue weighted by atomic mass is 9.87. The van der Waals surface area contributed by atoms with E-state index in [2.05, 4.69) is 5.32 Å². The number of hydrogen-bond donors (Lipinski definition) is 2. The van der Waals surface area contributed by atoms with Crippen molar-refractivity contribution < 1.29 is 37.3 Å². The lowest BCUT2D eigenvalue weighted by molar-refractivity contribution is -0.173. The van der Waals surface area contributed by atoms with E-state index >= 15 is 0 Å². The molecule has 5 rings (SSSR count). The van der Waals surface area contributed by atoms with Crippen molar-refractivity contribution in [1.29, 1.82) is 0 Å². The minimum atomic E-state index is -3.94. The summed E-state index contributed by atoms with van der Waals surface area (Å²) in [7, 11) is -2.42. The Morgan fingerprint density at radius 3 is 2.52 bits per heavy atom. The first-order valence-electron chi connectivity index (χ1n) is 14.7. The van der Waals surface area contributed by atoms with E-state index in [0.29, 0.717) is 31.3 Å². The van der Waals surface area contributed by atoms with Crippen LogP contribution in [0.25, 0.3) is 0 Å². The molecule has 42 heavy (non-hydrogen) atoms. The highest BCUT2D eigenvalue weighted by atomic mass is 32.2. The van der Waals surface area contributed by atoms with Crippen LogP contribution in [0, 0.1) is 23.7 Å². The summed E-state index contributed by atoms with van der Waals surface area (Å²) in [6, 6.07) is 14.9. The first-order valence-corrected chi connectivity index (χ1v) is 16.2. The van der Waals surface area contributed by atoms with Crippen LogP contribution < -0.4 is 10.1 Å². The summed E-state index contributed by atoms with van der Waals surface area (Å²) in [5.74, 6) is 1.26. The molecule has 10 nitrogen and oxygen atoms in total. The average Bonchev–Trinajstić information content (AvgIpc) is 3.55. The lowest BCUT2D eigenvalue weighted by Gasteiger charge is -2.33. The van der Waals surface area contributed by atoms with Crippen LogP contribution >= 0.6 is 0 Å². The van der Waals surface area contributed by atoms with Crippen molar-refractivity contribution >= 4 is 16.1 Å². The molecule has 7 atom stereocenters. The van der Waals surface area contributed by atoms with Gasteiger partial charge in [-0.05, 0) is 60.9 Å². The van der Waals surface area contributed by atoms with Crippen LogP contribution in [0.2, 0.25) is 0 Å². The van der Waals surface area contributed by atoms with Crippen LogP contribution in [0.3, 0.4) is 0 Å². The minimum absolute atomic E-state index is 0.00446. The van der Waals surface area contributed by atoms with Gasteiger partial charge in [-0.15, -0.1) is 0 Å². The third kappa shape index (κ3) is 6.92. The van der Waals surface area contributed by atoms with Crippen LogP contribution in [-0.2, 0) is 30.7 Å². The molecule has 3 fully saturated rings. The van der Waals surface area contributed by atoms with Gasteiger partial charge in [-0.2, -0.15) is 4.31 Å². The zero-order valence-corrected chi connectivity index (χ0v) is 25.2. The molecule has 1 unspecified atom stereocenters. The molecule has 2 aromatic carbocycles. The maximum Gasteiger partial charge on any atom is 0.407 e. The van der Waals surface area contributed by atoms with Gasteiger partial charge in [0.05, 0.1) is 37.4 Å². The van der Waals surface area contributed by atoms with Gasteiger partial charge in [0.1, 0.15) is 11.9 Å². The number of nitrogens with zero attached hydrogens (tertiary/aromatic N) is 1. The Kier molecular flexibility index (Phi) is 9.74. The second-order valence-electron chi connectivity index (χ2n) is 11.9. The molecule has 0 aromatic heterocycles. The molecule has 230 valence electrons. The van der Waals surface area contributed by atoms with Crippen molar-refractivity contribution in [3.8, 4) is 5.75 Å². The number of carbonyl (C=O) groups excluding carboxylic acids is 1. The van der Waals surface area contributed by atoms with Gasteiger partial charge in [0.25, 0.3) is 0 Å². The summed E-state index contributed by atoms with van der Waals surface area (Å²) in [4.78, 5) is 13.4. The van der Waals surface area contributed by atoms with Gasteiger partial charge in [0, 0.05) is 24.9 Å². The molecule has 2 aliphatic heterocycles. The van der Waals surface area contributed by atoms with Crippen LogP contribution in [0.5, 0.6) is 5.75 Å². The van der Waals surface area contributed by atoms with Crippen molar-refractivity contribution in [3.05, 3.63) is 60.2 Å². The topological polar surface area (TPSA) is 124 Å². The standard InChI is InChI=1S/C31H42N2O8S/c1-20(2)17-33(42(36,37)24-11-9-23(38-3)10-12-24)18-27(34)26(15-21-7-5-4-6-8-21)32-31(35)41-28-16-22-19-40-30-29(22)25(28)13-14-39-30/h4-12,20,22,25-30,34H,13-19H2,1-3H3,(H,32,35)/t22-,25?,26+,27-,28-,29+,30+/m1/s1. The number of rotatable bonds is 12. The smallest absolute Gasteiger partial charge is 0.407 e. The fraction of sp³-hybridized carbons (Fsp3) is 0.581. The molecule has 1 saturated carbocycles. The zero-order chi connectivity index (χ0) is 29.9. The quantitative estimate of drug-likeness (QED) is 0.379. The summed E-state index contributed by atoms with van der Waals surface area (Å²) in [5.41, 5.74) is 0.898. The van der Waals surface area contributed by atoms with Gasteiger partial charge in [-0.3, -0.25) is 0 Å². The van der Waals surface area contributed by atoms with Gasteiger partial charge in [-0.25, -0.2) is 13.2 Å². The van der Waals surface area contributed by atoms with Gasteiger partial charge >= 0.3 is 6.09 Å². The van der Waals surface area contributed by atoms with E-state index in [9.17, 15) is 18.3 Å². The van der Waals surface area contributed by atoms with E-state index in [1.807, 2.05) is 44.2 Å². The van der Waals surface area contributed by atoms with Crippen LogP contribution in [-0.4, -0.2) is 81.9 Å². The van der Waals surface area contributed by atoms with Crippen molar-refractivity contribution in [1.82, 2.24) is 9.62 Å². The fourth-order valence-corrected chi connectivity index (χ4v) is 8.16. The minimum Gasteiger partial charge on any atom is -0.497 e. The largest absolute Gasteiger partial charge is 0.497 e. The number of sulfonamides is 1. The van der Waals surface area contributed by atoms with E-state index in [1.54, 1.807) is 12.1 Å². The molecule has 2 aromatic rings. The predicted molar refractivity (Wildman–Crippen MR) is 155 cm³/mol. The highest BCUT2D eigenvalue weighted by molar-refractivity contribution is 7.89. The summed E-state index contributed by atoms with van der Waals surface area (Å²) < 4.78 is 51.3. The number of benzene rings is 2. The highest BCUT2D eigenvalue weighted by Crippen LogP contribution is 2.50. The van der Waals surface area contributed by atoms with E-state index in [1.165, 1.54) is 23.5 Å². The Morgan fingerprint density at radius 1 is 1.10 bits per heavy atom. The number of amides is 1.